The lowest BCUT2D eigenvalue weighted by atomic mass is 9.91. The molecule has 1 aromatic carbocycles. The van der Waals surface area contributed by atoms with E-state index in [0.717, 1.165) is 44.5 Å². The third kappa shape index (κ3) is 5.47. The highest BCUT2D eigenvalue weighted by atomic mass is 16.5. The third-order valence-corrected chi connectivity index (χ3v) is 4.29. The monoisotopic (exact) mass is 319 g/mol. The molecule has 1 saturated heterocycles. The van der Waals surface area contributed by atoms with Crippen LogP contribution in [0.2, 0.25) is 0 Å². The zero-order valence-electron chi connectivity index (χ0n) is 13.6. The highest BCUT2D eigenvalue weighted by molar-refractivity contribution is 5.83. The number of hydrogen-bond donors (Lipinski definition) is 2. The number of amides is 3. The highest BCUT2D eigenvalue weighted by Gasteiger charge is 2.23. The maximum absolute atomic E-state index is 12.0. The number of methoxy groups -OCH3 is 1. The summed E-state index contributed by atoms with van der Waals surface area (Å²) in [6.45, 7) is 1.51. The molecule has 1 atom stereocenters. The zero-order chi connectivity index (χ0) is 16.7. The molecule has 2 rings (SSSR count). The Labute approximate surface area is 137 Å². The molecule has 0 aliphatic carbocycles. The van der Waals surface area contributed by atoms with Crippen LogP contribution in [0.15, 0.2) is 24.3 Å². The minimum atomic E-state index is -0.661. The predicted octanol–water partition coefficient (Wildman–Crippen LogP) is 1.53. The molecule has 1 fully saturated rings. The molecular weight excluding hydrogens is 294 g/mol. The number of hydrogen-bond acceptors (Lipinski definition) is 3. The van der Waals surface area contributed by atoms with Gasteiger partial charge in [-0.15, -0.1) is 0 Å². The average Bonchev–Trinajstić information content (AvgIpc) is 2.58. The van der Waals surface area contributed by atoms with Gasteiger partial charge < -0.3 is 20.7 Å². The molecule has 0 bridgehead atoms. The molecule has 1 heterocycles. The molecule has 0 unspecified atom stereocenters. The first-order chi connectivity index (χ1) is 11.1. The number of carbonyl (C=O) groups is 2. The summed E-state index contributed by atoms with van der Waals surface area (Å²) < 4.78 is 5.16. The molecule has 0 aromatic heterocycles. The number of nitrogens with one attached hydrogen (secondary N) is 1. The molecule has 1 aliphatic rings. The zero-order valence-corrected chi connectivity index (χ0v) is 13.6. The number of rotatable bonds is 6. The summed E-state index contributed by atoms with van der Waals surface area (Å²) in [5.74, 6) is 1.31. The van der Waals surface area contributed by atoms with Gasteiger partial charge in [-0.1, -0.05) is 12.1 Å². The van der Waals surface area contributed by atoms with Gasteiger partial charge in [-0.05, 0) is 49.3 Å². The second-order valence-electron chi connectivity index (χ2n) is 5.95. The Kier molecular flexibility index (Phi) is 6.26. The second-order valence-corrected chi connectivity index (χ2v) is 5.95. The molecule has 23 heavy (non-hydrogen) atoms. The fourth-order valence-corrected chi connectivity index (χ4v) is 2.96. The Bertz CT molecular complexity index is 530. The lowest BCUT2D eigenvalue weighted by Gasteiger charge is -2.33. The standard InChI is InChI=1S/C17H25N3O3/c1-23-15-8-6-13(7-9-15)4-5-14-3-2-10-20(12-14)16(21)11-19-17(18)22/h6-9,14H,2-5,10-12H2,1H3,(H3,18,19,22)/t14-/m0/s1. The highest BCUT2D eigenvalue weighted by Crippen LogP contribution is 2.22. The number of piperidine rings is 1. The number of carbonyl (C=O) groups excluding carboxylic acids is 2. The van der Waals surface area contributed by atoms with Gasteiger partial charge in [0.2, 0.25) is 5.91 Å². The van der Waals surface area contributed by atoms with E-state index >= 15 is 0 Å². The van der Waals surface area contributed by atoms with Crippen molar-refractivity contribution in [2.45, 2.75) is 25.7 Å². The fourth-order valence-electron chi connectivity index (χ4n) is 2.96. The summed E-state index contributed by atoms with van der Waals surface area (Å²) in [5, 5.41) is 2.36. The number of nitrogens with zero attached hydrogens (tertiary/aromatic N) is 1. The van der Waals surface area contributed by atoms with Gasteiger partial charge in [0.05, 0.1) is 13.7 Å². The minimum absolute atomic E-state index is 0.0134. The van der Waals surface area contributed by atoms with E-state index in [1.807, 2.05) is 17.0 Å². The number of urea groups is 1. The molecule has 0 saturated carbocycles. The van der Waals surface area contributed by atoms with Crippen LogP contribution in [0.25, 0.3) is 0 Å². The van der Waals surface area contributed by atoms with Gasteiger partial charge in [0.1, 0.15) is 5.75 Å². The number of benzene rings is 1. The number of nitrogens with two attached hydrogens (primary N) is 1. The van der Waals surface area contributed by atoms with E-state index < -0.39 is 6.03 Å². The largest absolute Gasteiger partial charge is 0.497 e. The van der Waals surface area contributed by atoms with Gasteiger partial charge in [0.15, 0.2) is 0 Å². The molecule has 1 aromatic rings. The van der Waals surface area contributed by atoms with Crippen LogP contribution >= 0.6 is 0 Å². The molecule has 0 spiro atoms. The lowest BCUT2D eigenvalue weighted by molar-refractivity contribution is -0.131. The van der Waals surface area contributed by atoms with Crippen LogP contribution in [0.5, 0.6) is 5.75 Å². The summed E-state index contributed by atoms with van der Waals surface area (Å²) >= 11 is 0. The Morgan fingerprint density at radius 3 is 2.74 bits per heavy atom. The molecule has 3 amide bonds. The lowest BCUT2D eigenvalue weighted by Crippen LogP contribution is -2.46. The van der Waals surface area contributed by atoms with E-state index in [1.54, 1.807) is 7.11 Å². The SMILES string of the molecule is COc1ccc(CC[C@@H]2CCCN(C(=O)CNC(N)=O)C2)cc1. The summed E-state index contributed by atoms with van der Waals surface area (Å²) in [6.07, 6.45) is 4.20. The van der Waals surface area contributed by atoms with E-state index in [0.29, 0.717) is 5.92 Å². The molecule has 6 heteroatoms. The predicted molar refractivity (Wildman–Crippen MR) is 88.2 cm³/mol. The van der Waals surface area contributed by atoms with Crippen molar-refractivity contribution in [1.29, 1.82) is 0 Å². The van der Waals surface area contributed by atoms with Crippen LogP contribution in [0.1, 0.15) is 24.8 Å². The Morgan fingerprint density at radius 1 is 1.35 bits per heavy atom. The van der Waals surface area contributed by atoms with Crippen molar-refractivity contribution < 1.29 is 14.3 Å². The number of likely N-dealkylation sites (tertiary alicyclic amines) is 1. The quantitative estimate of drug-likeness (QED) is 0.834. The van der Waals surface area contributed by atoms with Gasteiger partial charge in [-0.3, -0.25) is 4.79 Å². The van der Waals surface area contributed by atoms with Crippen molar-refractivity contribution >= 4 is 11.9 Å². The molecule has 0 radical (unpaired) electrons. The van der Waals surface area contributed by atoms with E-state index in [9.17, 15) is 9.59 Å². The molecular formula is C17H25N3O3. The Balaban J connectivity index is 1.78. The van der Waals surface area contributed by atoms with Crippen molar-refractivity contribution in [3.05, 3.63) is 29.8 Å². The van der Waals surface area contributed by atoms with Gasteiger partial charge >= 0.3 is 6.03 Å². The summed E-state index contributed by atoms with van der Waals surface area (Å²) in [7, 11) is 1.66. The molecule has 6 nitrogen and oxygen atoms in total. The summed E-state index contributed by atoms with van der Waals surface area (Å²) in [4.78, 5) is 24.6. The van der Waals surface area contributed by atoms with Crippen molar-refractivity contribution in [2.75, 3.05) is 26.7 Å². The maximum atomic E-state index is 12.0. The van der Waals surface area contributed by atoms with Crippen molar-refractivity contribution in [1.82, 2.24) is 10.2 Å². The smallest absolute Gasteiger partial charge is 0.312 e. The van der Waals surface area contributed by atoms with Crippen LogP contribution in [0, 0.1) is 5.92 Å². The second kappa shape index (κ2) is 8.41. The third-order valence-electron chi connectivity index (χ3n) is 4.29. The van der Waals surface area contributed by atoms with E-state index in [4.69, 9.17) is 10.5 Å². The van der Waals surface area contributed by atoms with E-state index in [2.05, 4.69) is 17.4 Å². The van der Waals surface area contributed by atoms with Crippen LogP contribution < -0.4 is 15.8 Å². The van der Waals surface area contributed by atoms with Crippen molar-refractivity contribution in [3.63, 3.8) is 0 Å². The van der Waals surface area contributed by atoms with E-state index in [-0.39, 0.29) is 12.5 Å². The molecule has 3 N–H and O–H groups in total. The van der Waals surface area contributed by atoms with Crippen molar-refractivity contribution in [3.8, 4) is 5.75 Å². The minimum Gasteiger partial charge on any atom is -0.497 e. The summed E-state index contributed by atoms with van der Waals surface area (Å²) in [6, 6.07) is 7.46. The van der Waals surface area contributed by atoms with Crippen LogP contribution in [-0.4, -0.2) is 43.6 Å². The molecule has 1 aliphatic heterocycles. The topological polar surface area (TPSA) is 84.7 Å². The molecule has 126 valence electrons. The van der Waals surface area contributed by atoms with Gasteiger partial charge in [0, 0.05) is 13.1 Å². The first kappa shape index (κ1) is 17.1. The fraction of sp³-hybridized carbons (Fsp3) is 0.529. The maximum Gasteiger partial charge on any atom is 0.312 e. The normalized spacial score (nSPS) is 17.6. The van der Waals surface area contributed by atoms with Gasteiger partial charge in [0.25, 0.3) is 0 Å². The van der Waals surface area contributed by atoms with Crippen LogP contribution in [-0.2, 0) is 11.2 Å². The Hall–Kier alpha value is -2.24. The number of aryl methyl sites for hydroxylation is 1. The van der Waals surface area contributed by atoms with Gasteiger partial charge in [-0.25, -0.2) is 4.79 Å². The first-order valence-corrected chi connectivity index (χ1v) is 8.02. The van der Waals surface area contributed by atoms with Crippen LogP contribution in [0.3, 0.4) is 0 Å². The van der Waals surface area contributed by atoms with Crippen molar-refractivity contribution in [2.24, 2.45) is 11.7 Å². The summed E-state index contributed by atoms with van der Waals surface area (Å²) in [5.41, 5.74) is 6.28. The average molecular weight is 319 g/mol. The Morgan fingerprint density at radius 2 is 2.09 bits per heavy atom. The number of primary amides is 1. The van der Waals surface area contributed by atoms with Crippen LogP contribution in [0.4, 0.5) is 4.79 Å². The number of ether oxygens (including phenoxy) is 1. The first-order valence-electron chi connectivity index (χ1n) is 8.02. The van der Waals surface area contributed by atoms with Gasteiger partial charge in [-0.2, -0.15) is 0 Å². The van der Waals surface area contributed by atoms with E-state index in [1.165, 1.54) is 5.56 Å².